The summed E-state index contributed by atoms with van der Waals surface area (Å²) in [5, 5.41) is 8.29. The van der Waals surface area contributed by atoms with Gasteiger partial charge in [-0.25, -0.2) is 9.59 Å². The van der Waals surface area contributed by atoms with Crippen molar-refractivity contribution in [2.24, 2.45) is 0 Å². The fourth-order valence-electron chi connectivity index (χ4n) is 1.14. The van der Waals surface area contributed by atoms with Crippen LogP contribution >= 0.6 is 0 Å². The predicted molar refractivity (Wildman–Crippen MR) is 56.1 cm³/mol. The Morgan fingerprint density at radius 1 is 1.20 bits per heavy atom. The van der Waals surface area contributed by atoms with Gasteiger partial charge in [-0.15, -0.1) is 0 Å². The Morgan fingerprint density at radius 2 is 1.73 bits per heavy atom. The summed E-state index contributed by atoms with van der Waals surface area (Å²) in [6.07, 6.45) is 3.29. The molecule has 0 fully saturated rings. The monoisotopic (exact) mass is 212 g/mol. The zero-order valence-electron chi connectivity index (χ0n) is 9.24. The third kappa shape index (κ3) is 5.67. The van der Waals surface area contributed by atoms with Gasteiger partial charge < -0.3 is 9.84 Å². The number of carboxylic acid groups (broad SMARTS) is 1. The van der Waals surface area contributed by atoms with Gasteiger partial charge >= 0.3 is 11.9 Å². The summed E-state index contributed by atoms with van der Waals surface area (Å²) in [6.45, 7) is 5.65. The maximum Gasteiger partial charge on any atom is 0.336 e. The van der Waals surface area contributed by atoms with Crippen LogP contribution in [-0.2, 0) is 14.3 Å². The van der Waals surface area contributed by atoms with Gasteiger partial charge in [0, 0.05) is 12.2 Å². The Bertz CT molecular complexity index is 294. The van der Waals surface area contributed by atoms with E-state index in [-0.39, 0.29) is 0 Å². The molecule has 0 aliphatic carbocycles. The highest BCUT2D eigenvalue weighted by Gasteiger charge is 2.04. The first-order chi connectivity index (χ1) is 7.01. The van der Waals surface area contributed by atoms with E-state index in [0.29, 0.717) is 5.76 Å². The van der Waals surface area contributed by atoms with Gasteiger partial charge in [-0.1, -0.05) is 13.8 Å². The van der Waals surface area contributed by atoms with Crippen molar-refractivity contribution in [1.29, 1.82) is 0 Å². The van der Waals surface area contributed by atoms with Crippen LogP contribution < -0.4 is 0 Å². The number of carboxylic acids is 1. The minimum Gasteiger partial charge on any atom is -0.478 e. The van der Waals surface area contributed by atoms with Crippen LogP contribution in [0.4, 0.5) is 0 Å². The van der Waals surface area contributed by atoms with E-state index in [4.69, 9.17) is 9.84 Å². The molecule has 0 radical (unpaired) electrons. The molecule has 1 N–H and O–H groups in total. The highest BCUT2D eigenvalue weighted by Crippen LogP contribution is 2.13. The smallest absolute Gasteiger partial charge is 0.336 e. The largest absolute Gasteiger partial charge is 0.478 e. The molecule has 0 aliphatic heterocycles. The molecule has 0 spiro atoms. The van der Waals surface area contributed by atoms with E-state index >= 15 is 0 Å². The van der Waals surface area contributed by atoms with E-state index in [1.807, 2.05) is 13.8 Å². The second-order valence-electron chi connectivity index (χ2n) is 2.96. The number of hydrogen-bond donors (Lipinski definition) is 1. The molecule has 0 amide bonds. The van der Waals surface area contributed by atoms with E-state index in [1.54, 1.807) is 6.92 Å². The lowest BCUT2D eigenvalue weighted by Crippen LogP contribution is -2.02. The fraction of sp³-hybridized carbons (Fsp3) is 0.455. The fourth-order valence-corrected chi connectivity index (χ4v) is 1.14. The molecular weight excluding hydrogens is 196 g/mol. The number of ether oxygens (including phenoxy) is 1. The molecule has 0 unspecified atom stereocenters. The molecule has 0 saturated heterocycles. The Labute approximate surface area is 89.2 Å². The SMILES string of the molecule is CCC(CC)=C(C)OC(=O)/C=C\C(=O)O. The molecule has 0 heterocycles. The number of esters is 1. The van der Waals surface area contributed by atoms with Crippen molar-refractivity contribution in [3.8, 4) is 0 Å². The van der Waals surface area contributed by atoms with E-state index in [1.165, 1.54) is 0 Å². The normalized spacial score (nSPS) is 10.1. The molecule has 4 nitrogen and oxygen atoms in total. The highest BCUT2D eigenvalue weighted by molar-refractivity contribution is 5.91. The van der Waals surface area contributed by atoms with Crippen molar-refractivity contribution in [3.05, 3.63) is 23.5 Å². The summed E-state index contributed by atoms with van der Waals surface area (Å²) in [4.78, 5) is 21.2. The van der Waals surface area contributed by atoms with Crippen molar-refractivity contribution in [3.63, 3.8) is 0 Å². The van der Waals surface area contributed by atoms with Crippen LogP contribution in [0, 0.1) is 0 Å². The van der Waals surface area contributed by atoms with Crippen LogP contribution in [0.25, 0.3) is 0 Å². The third-order valence-corrected chi connectivity index (χ3v) is 1.97. The molecule has 0 aliphatic rings. The van der Waals surface area contributed by atoms with Gasteiger partial charge in [0.05, 0.1) is 0 Å². The number of aliphatic carboxylic acids is 1. The standard InChI is InChI=1S/C11H16O4/c1-4-9(5-2)8(3)15-11(14)7-6-10(12)13/h6-7H,4-5H2,1-3H3,(H,12,13)/b7-6-. The van der Waals surface area contributed by atoms with Crippen molar-refractivity contribution in [2.75, 3.05) is 0 Å². The quantitative estimate of drug-likeness (QED) is 0.431. The van der Waals surface area contributed by atoms with E-state index < -0.39 is 11.9 Å². The molecule has 0 aromatic rings. The summed E-state index contributed by atoms with van der Waals surface area (Å²) in [7, 11) is 0. The van der Waals surface area contributed by atoms with Crippen LogP contribution in [0.15, 0.2) is 23.5 Å². The third-order valence-electron chi connectivity index (χ3n) is 1.97. The van der Waals surface area contributed by atoms with Crippen molar-refractivity contribution < 1.29 is 19.4 Å². The summed E-state index contributed by atoms with van der Waals surface area (Å²) in [6, 6.07) is 0. The van der Waals surface area contributed by atoms with E-state index in [0.717, 1.165) is 30.6 Å². The van der Waals surface area contributed by atoms with E-state index in [9.17, 15) is 9.59 Å². The summed E-state index contributed by atoms with van der Waals surface area (Å²) < 4.78 is 4.94. The number of carbonyl (C=O) groups excluding carboxylic acids is 1. The Kier molecular flexibility index (Phi) is 6.09. The predicted octanol–water partition coefficient (Wildman–Crippen LogP) is 2.26. The first-order valence-electron chi connectivity index (χ1n) is 4.82. The van der Waals surface area contributed by atoms with Gasteiger partial charge in [-0.3, -0.25) is 0 Å². The summed E-state index contributed by atoms with van der Waals surface area (Å²) in [5.41, 5.74) is 1.05. The van der Waals surface area contributed by atoms with Crippen LogP contribution in [0.5, 0.6) is 0 Å². The summed E-state index contributed by atoms with van der Waals surface area (Å²) >= 11 is 0. The number of rotatable bonds is 5. The second-order valence-corrected chi connectivity index (χ2v) is 2.96. The molecule has 0 aromatic carbocycles. The minimum atomic E-state index is -1.17. The average Bonchev–Trinajstić information content (AvgIpc) is 2.16. The van der Waals surface area contributed by atoms with Gasteiger partial charge in [0.1, 0.15) is 5.76 Å². The van der Waals surface area contributed by atoms with Crippen LogP contribution in [0.1, 0.15) is 33.6 Å². The number of allylic oxidation sites excluding steroid dienone is 2. The minimum absolute atomic E-state index is 0.556. The summed E-state index contributed by atoms with van der Waals surface area (Å²) in [5.74, 6) is -1.27. The Balaban J connectivity index is 4.41. The van der Waals surface area contributed by atoms with Crippen LogP contribution in [-0.4, -0.2) is 17.0 Å². The highest BCUT2D eigenvalue weighted by atomic mass is 16.5. The lowest BCUT2D eigenvalue weighted by Gasteiger charge is -2.07. The van der Waals surface area contributed by atoms with Gasteiger partial charge in [0.2, 0.25) is 0 Å². The van der Waals surface area contributed by atoms with Gasteiger partial charge in [0.25, 0.3) is 0 Å². The lowest BCUT2D eigenvalue weighted by molar-refractivity contribution is -0.135. The molecule has 0 rings (SSSR count). The topological polar surface area (TPSA) is 63.6 Å². The maximum absolute atomic E-state index is 11.1. The average molecular weight is 212 g/mol. The first kappa shape index (κ1) is 13.4. The molecule has 15 heavy (non-hydrogen) atoms. The lowest BCUT2D eigenvalue weighted by atomic mass is 10.1. The van der Waals surface area contributed by atoms with Crippen molar-refractivity contribution in [1.82, 2.24) is 0 Å². The van der Waals surface area contributed by atoms with Gasteiger partial charge in [0.15, 0.2) is 0 Å². The van der Waals surface area contributed by atoms with Crippen LogP contribution in [0.3, 0.4) is 0 Å². The number of carbonyl (C=O) groups is 2. The molecule has 0 saturated carbocycles. The zero-order valence-corrected chi connectivity index (χ0v) is 9.24. The van der Waals surface area contributed by atoms with Gasteiger partial charge in [-0.2, -0.15) is 0 Å². The molecular formula is C11H16O4. The second kappa shape index (κ2) is 6.81. The zero-order chi connectivity index (χ0) is 11.8. The van der Waals surface area contributed by atoms with E-state index in [2.05, 4.69) is 0 Å². The van der Waals surface area contributed by atoms with Crippen molar-refractivity contribution >= 4 is 11.9 Å². The van der Waals surface area contributed by atoms with Crippen molar-refractivity contribution in [2.45, 2.75) is 33.6 Å². The molecule has 0 atom stereocenters. The number of hydrogen-bond acceptors (Lipinski definition) is 3. The molecule has 84 valence electrons. The Hall–Kier alpha value is -1.58. The first-order valence-corrected chi connectivity index (χ1v) is 4.82. The Morgan fingerprint density at radius 3 is 2.13 bits per heavy atom. The molecule has 0 aromatic heterocycles. The molecule has 4 heteroatoms. The maximum atomic E-state index is 11.1. The molecule has 0 bridgehead atoms. The van der Waals surface area contributed by atoms with Crippen LogP contribution in [0.2, 0.25) is 0 Å². The van der Waals surface area contributed by atoms with Gasteiger partial charge in [-0.05, 0) is 25.3 Å².